The summed E-state index contributed by atoms with van der Waals surface area (Å²) in [5.41, 5.74) is 3.19. The van der Waals surface area contributed by atoms with Crippen molar-refractivity contribution >= 4 is 23.2 Å². The van der Waals surface area contributed by atoms with Gasteiger partial charge in [0.2, 0.25) is 0 Å². The van der Waals surface area contributed by atoms with Crippen molar-refractivity contribution in [3.8, 4) is 5.69 Å². The van der Waals surface area contributed by atoms with Gasteiger partial charge in [0.1, 0.15) is 0 Å². The molecular weight excluding hydrogens is 255 g/mol. The molecule has 2 nitrogen and oxygen atoms in total. The molecule has 2 aromatic rings. The summed E-state index contributed by atoms with van der Waals surface area (Å²) < 4.78 is 1.87. The number of aromatic nitrogens is 2. The predicted octanol–water partition coefficient (Wildman–Crippen LogP) is 4.14. The van der Waals surface area contributed by atoms with E-state index in [-0.39, 0.29) is 0 Å². The molecule has 0 N–H and O–H groups in total. The molecule has 17 heavy (non-hydrogen) atoms. The molecule has 0 atom stereocenters. The summed E-state index contributed by atoms with van der Waals surface area (Å²) in [7, 11) is 0. The zero-order valence-corrected chi connectivity index (χ0v) is 10.7. The van der Waals surface area contributed by atoms with E-state index in [0.29, 0.717) is 16.8 Å². The lowest BCUT2D eigenvalue weighted by atomic mass is 10.2. The highest BCUT2D eigenvalue weighted by Crippen LogP contribution is 2.39. The van der Waals surface area contributed by atoms with Crippen LogP contribution >= 0.6 is 23.2 Å². The normalized spacial score (nSPS) is 15.2. The fourth-order valence-corrected chi connectivity index (χ4v) is 2.32. The van der Waals surface area contributed by atoms with Crippen molar-refractivity contribution in [1.82, 2.24) is 9.78 Å². The third-order valence-electron chi connectivity index (χ3n) is 3.04. The lowest BCUT2D eigenvalue weighted by Gasteiger charge is -2.07. The number of hydrogen-bond acceptors (Lipinski definition) is 1. The van der Waals surface area contributed by atoms with Gasteiger partial charge in [-0.2, -0.15) is 5.10 Å². The quantitative estimate of drug-likeness (QED) is 0.764. The fraction of sp³-hybridized carbons (Fsp3) is 0.308. The molecule has 88 valence electrons. The highest BCUT2D eigenvalue weighted by Gasteiger charge is 2.26. The van der Waals surface area contributed by atoms with Crippen LogP contribution in [0.25, 0.3) is 5.69 Å². The molecule has 1 aromatic heterocycles. The van der Waals surface area contributed by atoms with E-state index in [9.17, 15) is 0 Å². The molecule has 0 saturated heterocycles. The topological polar surface area (TPSA) is 17.8 Å². The minimum Gasteiger partial charge on any atom is -0.240 e. The second-order valence-electron chi connectivity index (χ2n) is 4.37. The van der Waals surface area contributed by atoms with Crippen LogP contribution in [0.2, 0.25) is 5.02 Å². The van der Waals surface area contributed by atoms with E-state index in [1.54, 1.807) is 0 Å². The Morgan fingerprint density at radius 3 is 2.82 bits per heavy atom. The Morgan fingerprint density at radius 2 is 2.12 bits per heavy atom. The van der Waals surface area contributed by atoms with Crippen molar-refractivity contribution < 1.29 is 0 Å². The van der Waals surface area contributed by atoms with Crippen LogP contribution in [0.15, 0.2) is 30.5 Å². The van der Waals surface area contributed by atoms with E-state index in [2.05, 4.69) is 11.2 Å². The molecule has 4 heteroatoms. The van der Waals surface area contributed by atoms with Crippen molar-refractivity contribution in [1.29, 1.82) is 0 Å². The van der Waals surface area contributed by atoms with Gasteiger partial charge in [-0.25, -0.2) is 4.68 Å². The molecular formula is C13H12Cl2N2. The molecule has 1 aromatic carbocycles. The zero-order valence-electron chi connectivity index (χ0n) is 9.24. The van der Waals surface area contributed by atoms with Crippen LogP contribution in [0.4, 0.5) is 0 Å². The first kappa shape index (κ1) is 11.1. The lowest BCUT2D eigenvalue weighted by Crippen LogP contribution is -1.99. The summed E-state index contributed by atoms with van der Waals surface area (Å²) in [4.78, 5) is 0. The van der Waals surface area contributed by atoms with E-state index >= 15 is 0 Å². The molecule has 1 aliphatic rings. The van der Waals surface area contributed by atoms with Gasteiger partial charge >= 0.3 is 0 Å². The SMILES string of the molecule is ClCc1ccc(Cl)cc1-n1ccc(C2CC2)n1. The van der Waals surface area contributed by atoms with Gasteiger partial charge in [-0.3, -0.25) is 0 Å². The Kier molecular flexibility index (Phi) is 2.85. The van der Waals surface area contributed by atoms with Crippen molar-refractivity contribution in [2.45, 2.75) is 24.6 Å². The average molecular weight is 267 g/mol. The van der Waals surface area contributed by atoms with E-state index < -0.39 is 0 Å². The molecule has 1 aliphatic carbocycles. The van der Waals surface area contributed by atoms with Gasteiger partial charge in [0.25, 0.3) is 0 Å². The van der Waals surface area contributed by atoms with Crippen LogP contribution in [0, 0.1) is 0 Å². The highest BCUT2D eigenvalue weighted by molar-refractivity contribution is 6.30. The van der Waals surface area contributed by atoms with E-state index in [1.807, 2.05) is 29.1 Å². The summed E-state index contributed by atoms with van der Waals surface area (Å²) in [6.45, 7) is 0. The first-order chi connectivity index (χ1) is 8.28. The van der Waals surface area contributed by atoms with Crippen LogP contribution in [-0.4, -0.2) is 9.78 Å². The Labute approximate surface area is 110 Å². The zero-order chi connectivity index (χ0) is 11.8. The van der Waals surface area contributed by atoms with Crippen molar-refractivity contribution in [2.75, 3.05) is 0 Å². The van der Waals surface area contributed by atoms with Crippen LogP contribution < -0.4 is 0 Å². The van der Waals surface area contributed by atoms with Crippen molar-refractivity contribution in [3.05, 3.63) is 46.7 Å². The third-order valence-corrected chi connectivity index (χ3v) is 3.57. The van der Waals surface area contributed by atoms with Crippen molar-refractivity contribution in [3.63, 3.8) is 0 Å². The first-order valence-electron chi connectivity index (χ1n) is 5.68. The lowest BCUT2D eigenvalue weighted by molar-refractivity contribution is 0.831. The Hall–Kier alpha value is -0.990. The molecule has 0 aliphatic heterocycles. The number of halogens is 2. The smallest absolute Gasteiger partial charge is 0.0704 e. The highest BCUT2D eigenvalue weighted by atomic mass is 35.5. The standard InChI is InChI=1S/C13H12Cl2N2/c14-8-10-3-4-11(15)7-13(10)17-6-5-12(16-17)9-1-2-9/h3-7,9H,1-2,8H2. The number of rotatable bonds is 3. The second kappa shape index (κ2) is 4.35. The number of benzene rings is 1. The molecule has 3 rings (SSSR count). The monoisotopic (exact) mass is 266 g/mol. The molecule has 1 fully saturated rings. The molecule has 0 bridgehead atoms. The Bertz CT molecular complexity index is 544. The average Bonchev–Trinajstić information content (AvgIpc) is 3.07. The molecule has 1 saturated carbocycles. The summed E-state index contributed by atoms with van der Waals surface area (Å²) in [6.07, 6.45) is 4.50. The van der Waals surface area contributed by atoms with Gasteiger partial charge in [-0.1, -0.05) is 17.7 Å². The van der Waals surface area contributed by atoms with Crippen LogP contribution in [0.3, 0.4) is 0 Å². The minimum absolute atomic E-state index is 0.463. The summed E-state index contributed by atoms with van der Waals surface area (Å²) in [5, 5.41) is 5.30. The summed E-state index contributed by atoms with van der Waals surface area (Å²) >= 11 is 12.0. The second-order valence-corrected chi connectivity index (χ2v) is 5.07. The fourth-order valence-electron chi connectivity index (χ4n) is 1.93. The Morgan fingerprint density at radius 1 is 1.29 bits per heavy atom. The van der Waals surface area contributed by atoms with Crippen LogP contribution in [0.5, 0.6) is 0 Å². The number of hydrogen-bond donors (Lipinski definition) is 0. The summed E-state index contributed by atoms with van der Waals surface area (Å²) in [5.74, 6) is 1.13. The first-order valence-corrected chi connectivity index (χ1v) is 6.59. The maximum absolute atomic E-state index is 6.02. The summed E-state index contributed by atoms with van der Waals surface area (Å²) in [6, 6.07) is 7.79. The van der Waals surface area contributed by atoms with Gasteiger partial charge in [0.15, 0.2) is 0 Å². The van der Waals surface area contributed by atoms with E-state index in [1.165, 1.54) is 18.5 Å². The van der Waals surface area contributed by atoms with E-state index in [4.69, 9.17) is 23.2 Å². The van der Waals surface area contributed by atoms with Gasteiger partial charge in [-0.05, 0) is 36.6 Å². The predicted molar refractivity (Wildman–Crippen MR) is 70.1 cm³/mol. The molecule has 0 radical (unpaired) electrons. The third kappa shape index (κ3) is 2.20. The molecule has 0 spiro atoms. The maximum atomic E-state index is 6.02. The van der Waals surface area contributed by atoms with Gasteiger partial charge in [0, 0.05) is 23.0 Å². The molecule has 0 amide bonds. The van der Waals surface area contributed by atoms with Gasteiger partial charge < -0.3 is 0 Å². The van der Waals surface area contributed by atoms with Gasteiger partial charge in [0.05, 0.1) is 11.4 Å². The minimum atomic E-state index is 0.463. The van der Waals surface area contributed by atoms with Crippen LogP contribution in [0.1, 0.15) is 30.0 Å². The maximum Gasteiger partial charge on any atom is 0.0704 e. The largest absolute Gasteiger partial charge is 0.240 e. The number of nitrogens with zero attached hydrogens (tertiary/aromatic N) is 2. The van der Waals surface area contributed by atoms with Gasteiger partial charge in [-0.15, -0.1) is 11.6 Å². The Balaban J connectivity index is 2.03. The van der Waals surface area contributed by atoms with Crippen molar-refractivity contribution in [2.24, 2.45) is 0 Å². The van der Waals surface area contributed by atoms with E-state index in [0.717, 1.165) is 11.3 Å². The molecule has 1 heterocycles. The van der Waals surface area contributed by atoms with Crippen LogP contribution in [-0.2, 0) is 5.88 Å². The molecule has 0 unspecified atom stereocenters. The number of alkyl halides is 1.